The van der Waals surface area contributed by atoms with E-state index in [2.05, 4.69) is 16.1 Å². The van der Waals surface area contributed by atoms with E-state index in [1.807, 2.05) is 6.92 Å². The highest BCUT2D eigenvalue weighted by Crippen LogP contribution is 2.34. The molecular weight excluding hydrogens is 247 g/mol. The smallest absolute Gasteiger partial charge is 0.270 e. The van der Waals surface area contributed by atoms with E-state index in [4.69, 9.17) is 11.8 Å². The third-order valence-electron chi connectivity index (χ3n) is 2.10. The van der Waals surface area contributed by atoms with Gasteiger partial charge in [-0.05, 0) is 13.3 Å². The van der Waals surface area contributed by atoms with Crippen LogP contribution in [-0.2, 0) is 4.79 Å². The molecule has 0 unspecified atom stereocenters. The van der Waals surface area contributed by atoms with Crippen molar-refractivity contribution in [3.8, 4) is 0 Å². The molecule has 0 saturated carbocycles. The van der Waals surface area contributed by atoms with Crippen LogP contribution in [-0.4, -0.2) is 25.8 Å². The van der Waals surface area contributed by atoms with Crippen molar-refractivity contribution in [2.24, 2.45) is 0 Å². The fraction of sp³-hybridized carbons (Fsp3) is 0.667. The van der Waals surface area contributed by atoms with Crippen LogP contribution >= 0.6 is 27.9 Å². The molecule has 1 atom stereocenters. The number of amides is 3. The van der Waals surface area contributed by atoms with Crippen LogP contribution in [0.15, 0.2) is 0 Å². The van der Waals surface area contributed by atoms with Gasteiger partial charge in [0.25, 0.3) is 5.91 Å². The van der Waals surface area contributed by atoms with Crippen LogP contribution in [0.4, 0.5) is 4.79 Å². The average Bonchev–Trinajstić information content (AvgIpc) is 2.22. The Kier molecular flexibility index (Phi) is 2.35. The van der Waals surface area contributed by atoms with Gasteiger partial charge in [0.1, 0.15) is 5.54 Å². The topological polar surface area (TPSA) is 40.6 Å². The quantitative estimate of drug-likeness (QED) is 0.530. The number of carbonyl (C=O) groups is 2. The second-order valence-corrected chi connectivity index (χ2v) is 3.82. The van der Waals surface area contributed by atoms with Crippen molar-refractivity contribution in [2.75, 3.05) is 0 Å². The summed E-state index contributed by atoms with van der Waals surface area (Å²) in [5.74, 6) is -0.395. The van der Waals surface area contributed by atoms with Crippen LogP contribution in [0.2, 0.25) is 0 Å². The Bertz CT molecular complexity index is 248. The molecule has 4 nitrogen and oxygen atoms in total. The lowest BCUT2D eigenvalue weighted by atomic mass is 10.0. The highest BCUT2D eigenvalue weighted by molar-refractivity contribution is 9.07. The third-order valence-corrected chi connectivity index (χ3v) is 3.48. The molecule has 1 aliphatic heterocycles. The lowest BCUT2D eigenvalue weighted by molar-refractivity contribution is -0.128. The van der Waals surface area contributed by atoms with Crippen molar-refractivity contribution >= 4 is 39.9 Å². The van der Waals surface area contributed by atoms with Crippen molar-refractivity contribution in [2.45, 2.75) is 25.8 Å². The zero-order valence-corrected chi connectivity index (χ0v) is 9.02. The number of halogens is 2. The molecule has 0 N–H and O–H groups in total. The molecular formula is C6H8BrClN2O2. The summed E-state index contributed by atoms with van der Waals surface area (Å²) in [5.41, 5.74) is -0.848. The lowest BCUT2D eigenvalue weighted by Crippen LogP contribution is -2.40. The molecule has 0 bridgehead atoms. The minimum Gasteiger partial charge on any atom is -0.270 e. The van der Waals surface area contributed by atoms with Crippen LogP contribution in [0, 0.1) is 0 Å². The zero-order chi connectivity index (χ0) is 9.52. The van der Waals surface area contributed by atoms with Crippen molar-refractivity contribution in [1.29, 1.82) is 0 Å². The molecule has 12 heavy (non-hydrogen) atoms. The van der Waals surface area contributed by atoms with Crippen LogP contribution in [0.5, 0.6) is 0 Å². The van der Waals surface area contributed by atoms with Gasteiger partial charge in [-0.3, -0.25) is 4.79 Å². The summed E-state index contributed by atoms with van der Waals surface area (Å²) in [6.45, 7) is 3.47. The Labute approximate surface area is 83.9 Å². The second kappa shape index (κ2) is 2.88. The fourth-order valence-corrected chi connectivity index (χ4v) is 1.87. The van der Waals surface area contributed by atoms with Gasteiger partial charge in [0, 0.05) is 11.8 Å². The minimum atomic E-state index is -0.848. The largest absolute Gasteiger partial charge is 0.352 e. The summed E-state index contributed by atoms with van der Waals surface area (Å²) in [4.78, 5) is 22.5. The number of rotatable bonds is 1. The maximum Gasteiger partial charge on any atom is 0.352 e. The predicted molar refractivity (Wildman–Crippen MR) is 47.6 cm³/mol. The molecule has 0 radical (unpaired) electrons. The molecule has 0 aliphatic carbocycles. The van der Waals surface area contributed by atoms with E-state index in [1.165, 1.54) is 3.93 Å². The van der Waals surface area contributed by atoms with Gasteiger partial charge in [0.2, 0.25) is 0 Å². The van der Waals surface area contributed by atoms with Gasteiger partial charge in [-0.2, -0.15) is 4.42 Å². The highest BCUT2D eigenvalue weighted by Gasteiger charge is 2.52. The molecule has 1 aliphatic rings. The summed E-state index contributed by atoms with van der Waals surface area (Å²) in [6.07, 6.45) is 0.520. The molecule has 1 saturated heterocycles. The molecule has 1 heterocycles. The van der Waals surface area contributed by atoms with E-state index < -0.39 is 17.5 Å². The summed E-state index contributed by atoms with van der Waals surface area (Å²) >= 11 is 8.44. The molecule has 68 valence electrons. The number of urea groups is 1. The average molecular weight is 255 g/mol. The molecule has 0 aromatic carbocycles. The molecule has 0 aromatic rings. The molecule has 1 rings (SSSR count). The summed E-state index contributed by atoms with van der Waals surface area (Å²) in [5, 5.41) is 0. The van der Waals surface area contributed by atoms with Gasteiger partial charge in [-0.15, -0.1) is 0 Å². The second-order valence-electron chi connectivity index (χ2n) is 2.78. The maximum absolute atomic E-state index is 11.4. The number of hydrogen-bond donors (Lipinski definition) is 0. The van der Waals surface area contributed by atoms with E-state index in [0.717, 1.165) is 0 Å². The number of hydrogen-bond acceptors (Lipinski definition) is 2. The van der Waals surface area contributed by atoms with Gasteiger partial charge in [0.15, 0.2) is 0 Å². The summed E-state index contributed by atoms with van der Waals surface area (Å²) < 4.78 is 1.77. The van der Waals surface area contributed by atoms with Gasteiger partial charge < -0.3 is 0 Å². The molecule has 3 amide bonds. The Morgan fingerprint density at radius 2 is 2.08 bits per heavy atom. The summed E-state index contributed by atoms with van der Waals surface area (Å²) in [7, 11) is 0. The first-order chi connectivity index (χ1) is 5.45. The summed E-state index contributed by atoms with van der Waals surface area (Å²) in [6, 6.07) is -0.536. The first-order valence-electron chi connectivity index (χ1n) is 3.45. The van der Waals surface area contributed by atoms with E-state index in [0.29, 0.717) is 10.8 Å². The molecule has 1 fully saturated rings. The SMILES string of the molecule is CC[C@]1(C)C(=O)N(Cl)C(=O)N1Br. The molecule has 0 aromatic heterocycles. The Morgan fingerprint density at radius 3 is 2.25 bits per heavy atom. The maximum atomic E-state index is 11.4. The van der Waals surface area contributed by atoms with Gasteiger partial charge in [-0.1, -0.05) is 6.92 Å². The Morgan fingerprint density at radius 1 is 1.58 bits per heavy atom. The van der Waals surface area contributed by atoms with Crippen LogP contribution in [0.3, 0.4) is 0 Å². The van der Waals surface area contributed by atoms with Gasteiger partial charge in [0.05, 0.1) is 16.1 Å². The van der Waals surface area contributed by atoms with Crippen molar-refractivity contribution in [1.82, 2.24) is 8.34 Å². The highest BCUT2D eigenvalue weighted by atomic mass is 79.9. The third kappa shape index (κ3) is 1.03. The first kappa shape index (κ1) is 9.80. The van der Waals surface area contributed by atoms with Crippen LogP contribution in [0.1, 0.15) is 20.3 Å². The fourth-order valence-electron chi connectivity index (χ4n) is 0.961. The monoisotopic (exact) mass is 254 g/mol. The zero-order valence-electron chi connectivity index (χ0n) is 6.67. The van der Waals surface area contributed by atoms with E-state index in [1.54, 1.807) is 6.92 Å². The minimum absolute atomic E-state index is 0.395. The van der Waals surface area contributed by atoms with Crippen molar-refractivity contribution < 1.29 is 9.59 Å². The van der Waals surface area contributed by atoms with Crippen LogP contribution in [0.25, 0.3) is 0 Å². The van der Waals surface area contributed by atoms with E-state index in [-0.39, 0.29) is 0 Å². The Balaban J connectivity index is 3.06. The number of nitrogens with zero attached hydrogens (tertiary/aromatic N) is 2. The van der Waals surface area contributed by atoms with Crippen molar-refractivity contribution in [3.05, 3.63) is 0 Å². The lowest BCUT2D eigenvalue weighted by Gasteiger charge is -2.23. The standard InChI is InChI=1S/C6H8BrClN2O2/c1-3-6(2)4(11)9(8)5(12)10(6)7/h3H2,1-2H3/t6-/m1/s1. The van der Waals surface area contributed by atoms with E-state index >= 15 is 0 Å². The number of imide groups is 1. The van der Waals surface area contributed by atoms with Crippen LogP contribution < -0.4 is 0 Å². The number of carbonyl (C=O) groups excluding carboxylic acids is 2. The normalized spacial score (nSPS) is 30.3. The first-order valence-corrected chi connectivity index (χ1v) is 4.50. The molecule has 6 heteroatoms. The van der Waals surface area contributed by atoms with Crippen molar-refractivity contribution in [3.63, 3.8) is 0 Å². The van der Waals surface area contributed by atoms with E-state index in [9.17, 15) is 9.59 Å². The molecule has 0 spiro atoms. The Hall–Kier alpha value is -0.290. The van der Waals surface area contributed by atoms with Gasteiger partial charge >= 0.3 is 6.03 Å². The predicted octanol–water partition coefficient (Wildman–Crippen LogP) is 1.88. The van der Waals surface area contributed by atoms with Gasteiger partial charge in [-0.25, -0.2) is 8.72 Å².